The molecule has 0 fully saturated rings. The molecule has 1 aromatic rings. The SMILES string of the molecule is CCCCC(NC(=O)c1ccc(Br)cc1)C(=O)O. The molecule has 1 atom stereocenters. The van der Waals surface area contributed by atoms with E-state index in [2.05, 4.69) is 21.2 Å². The van der Waals surface area contributed by atoms with Crippen LogP contribution >= 0.6 is 15.9 Å². The maximum atomic E-state index is 11.8. The number of rotatable bonds is 6. The predicted molar refractivity (Wildman–Crippen MR) is 72.6 cm³/mol. The Morgan fingerprint density at radius 2 is 1.94 bits per heavy atom. The lowest BCUT2D eigenvalue weighted by Gasteiger charge is -2.14. The number of carbonyl (C=O) groups is 2. The van der Waals surface area contributed by atoms with E-state index in [4.69, 9.17) is 5.11 Å². The standard InChI is InChI=1S/C13H16BrNO3/c1-2-3-4-11(13(17)18)15-12(16)9-5-7-10(14)8-6-9/h5-8,11H,2-4H2,1H3,(H,15,16)(H,17,18). The third kappa shape index (κ3) is 4.49. The molecule has 4 nitrogen and oxygen atoms in total. The van der Waals surface area contributed by atoms with Gasteiger partial charge in [0.1, 0.15) is 6.04 Å². The molecular weight excluding hydrogens is 298 g/mol. The number of carboxylic acid groups (broad SMARTS) is 1. The van der Waals surface area contributed by atoms with Crippen molar-refractivity contribution in [3.05, 3.63) is 34.3 Å². The van der Waals surface area contributed by atoms with E-state index >= 15 is 0 Å². The Balaban J connectivity index is 2.66. The number of hydrogen-bond acceptors (Lipinski definition) is 2. The number of carbonyl (C=O) groups excluding carboxylic acids is 1. The maximum absolute atomic E-state index is 11.8. The second-order valence-electron chi connectivity index (χ2n) is 4.01. The van der Waals surface area contributed by atoms with Gasteiger partial charge >= 0.3 is 5.97 Å². The van der Waals surface area contributed by atoms with Crippen molar-refractivity contribution in [2.75, 3.05) is 0 Å². The monoisotopic (exact) mass is 313 g/mol. The van der Waals surface area contributed by atoms with Gasteiger partial charge in [0.25, 0.3) is 5.91 Å². The van der Waals surface area contributed by atoms with E-state index in [0.717, 1.165) is 17.3 Å². The van der Waals surface area contributed by atoms with Crippen LogP contribution in [0.3, 0.4) is 0 Å². The second kappa shape index (κ2) is 7.16. The van der Waals surface area contributed by atoms with Gasteiger partial charge in [-0.05, 0) is 30.7 Å². The van der Waals surface area contributed by atoms with Crippen LogP contribution in [-0.2, 0) is 4.79 Å². The fourth-order valence-electron chi connectivity index (χ4n) is 1.51. The van der Waals surface area contributed by atoms with Crippen molar-refractivity contribution in [2.24, 2.45) is 0 Å². The molecule has 0 aliphatic heterocycles. The van der Waals surface area contributed by atoms with Crippen LogP contribution < -0.4 is 5.32 Å². The first-order valence-corrected chi connectivity index (χ1v) is 6.63. The fourth-order valence-corrected chi connectivity index (χ4v) is 1.77. The predicted octanol–water partition coefficient (Wildman–Crippen LogP) is 2.82. The van der Waals surface area contributed by atoms with Gasteiger partial charge in [0.15, 0.2) is 0 Å². The Morgan fingerprint density at radius 3 is 2.44 bits per heavy atom. The van der Waals surface area contributed by atoms with Crippen LogP contribution in [0.15, 0.2) is 28.7 Å². The number of carboxylic acids is 1. The number of halogens is 1. The van der Waals surface area contributed by atoms with Gasteiger partial charge in [-0.3, -0.25) is 4.79 Å². The molecule has 0 heterocycles. The number of nitrogens with one attached hydrogen (secondary N) is 1. The van der Waals surface area contributed by atoms with Crippen molar-refractivity contribution < 1.29 is 14.7 Å². The summed E-state index contributed by atoms with van der Waals surface area (Å²) in [6.07, 6.45) is 2.13. The van der Waals surface area contributed by atoms with E-state index in [1.807, 2.05) is 6.92 Å². The minimum absolute atomic E-state index is 0.356. The van der Waals surface area contributed by atoms with Crippen molar-refractivity contribution in [3.63, 3.8) is 0 Å². The van der Waals surface area contributed by atoms with Crippen molar-refractivity contribution >= 4 is 27.8 Å². The minimum atomic E-state index is -0.992. The first-order chi connectivity index (χ1) is 8.54. The normalized spacial score (nSPS) is 11.9. The average Bonchev–Trinajstić information content (AvgIpc) is 2.34. The fraction of sp³-hybridized carbons (Fsp3) is 0.385. The maximum Gasteiger partial charge on any atom is 0.326 e. The van der Waals surface area contributed by atoms with Gasteiger partial charge in [-0.25, -0.2) is 4.79 Å². The zero-order valence-corrected chi connectivity index (χ0v) is 11.7. The summed E-state index contributed by atoms with van der Waals surface area (Å²) in [5.41, 5.74) is 0.459. The molecule has 0 aliphatic rings. The van der Waals surface area contributed by atoms with Crippen LogP contribution in [-0.4, -0.2) is 23.0 Å². The lowest BCUT2D eigenvalue weighted by atomic mass is 10.1. The highest BCUT2D eigenvalue weighted by Gasteiger charge is 2.19. The molecule has 0 spiro atoms. The number of amides is 1. The molecule has 1 amide bonds. The molecule has 0 saturated carbocycles. The first kappa shape index (κ1) is 14.7. The van der Waals surface area contributed by atoms with E-state index in [1.165, 1.54) is 0 Å². The molecule has 0 aromatic heterocycles. The van der Waals surface area contributed by atoms with Crippen LogP contribution in [0.4, 0.5) is 0 Å². The molecular formula is C13H16BrNO3. The summed E-state index contributed by atoms with van der Waals surface area (Å²) in [5.74, 6) is -1.35. The van der Waals surface area contributed by atoms with Gasteiger partial charge in [0.05, 0.1) is 0 Å². The molecule has 1 unspecified atom stereocenters. The van der Waals surface area contributed by atoms with Crippen molar-refractivity contribution in [3.8, 4) is 0 Å². The minimum Gasteiger partial charge on any atom is -0.480 e. The van der Waals surface area contributed by atoms with Crippen molar-refractivity contribution in [1.82, 2.24) is 5.32 Å². The summed E-state index contributed by atoms with van der Waals surface area (Å²) in [6, 6.07) is 5.98. The number of benzene rings is 1. The Labute approximate surface area is 115 Å². The first-order valence-electron chi connectivity index (χ1n) is 5.83. The lowest BCUT2D eigenvalue weighted by molar-refractivity contribution is -0.139. The highest BCUT2D eigenvalue weighted by molar-refractivity contribution is 9.10. The van der Waals surface area contributed by atoms with E-state index in [0.29, 0.717) is 12.0 Å². The van der Waals surface area contributed by atoms with Crippen LogP contribution in [0.5, 0.6) is 0 Å². The summed E-state index contributed by atoms with van der Waals surface area (Å²) in [6.45, 7) is 1.98. The third-order valence-electron chi connectivity index (χ3n) is 2.56. The van der Waals surface area contributed by atoms with Gasteiger partial charge in [-0.15, -0.1) is 0 Å². The van der Waals surface area contributed by atoms with Gasteiger partial charge in [-0.2, -0.15) is 0 Å². The van der Waals surface area contributed by atoms with E-state index in [1.54, 1.807) is 24.3 Å². The van der Waals surface area contributed by atoms with E-state index in [9.17, 15) is 9.59 Å². The molecule has 98 valence electrons. The van der Waals surface area contributed by atoms with Gasteiger partial charge in [0.2, 0.25) is 0 Å². The zero-order valence-electron chi connectivity index (χ0n) is 10.1. The molecule has 0 radical (unpaired) electrons. The molecule has 2 N–H and O–H groups in total. The smallest absolute Gasteiger partial charge is 0.326 e. The average molecular weight is 314 g/mol. The molecule has 0 saturated heterocycles. The van der Waals surface area contributed by atoms with E-state index in [-0.39, 0.29) is 5.91 Å². The summed E-state index contributed by atoms with van der Waals surface area (Å²) >= 11 is 3.28. The van der Waals surface area contributed by atoms with Crippen LogP contribution in [0.25, 0.3) is 0 Å². The molecule has 5 heteroatoms. The quantitative estimate of drug-likeness (QED) is 0.848. The molecule has 1 rings (SSSR count). The molecule has 18 heavy (non-hydrogen) atoms. The van der Waals surface area contributed by atoms with Crippen LogP contribution in [0, 0.1) is 0 Å². The Hall–Kier alpha value is -1.36. The molecule has 1 aromatic carbocycles. The van der Waals surface area contributed by atoms with Gasteiger partial charge < -0.3 is 10.4 Å². The summed E-state index contributed by atoms with van der Waals surface area (Å²) in [7, 11) is 0. The highest BCUT2D eigenvalue weighted by Crippen LogP contribution is 2.11. The third-order valence-corrected chi connectivity index (χ3v) is 3.08. The Bertz CT molecular complexity index is 417. The summed E-state index contributed by atoms with van der Waals surface area (Å²) in [4.78, 5) is 22.8. The second-order valence-corrected chi connectivity index (χ2v) is 4.93. The zero-order chi connectivity index (χ0) is 13.5. The topological polar surface area (TPSA) is 66.4 Å². The Kier molecular flexibility index (Phi) is 5.85. The number of unbranched alkanes of at least 4 members (excludes halogenated alkanes) is 1. The highest BCUT2D eigenvalue weighted by atomic mass is 79.9. The number of hydrogen-bond donors (Lipinski definition) is 2. The summed E-state index contributed by atoms with van der Waals surface area (Å²) < 4.78 is 0.875. The largest absolute Gasteiger partial charge is 0.480 e. The van der Waals surface area contributed by atoms with Crippen LogP contribution in [0.1, 0.15) is 36.5 Å². The van der Waals surface area contributed by atoms with Crippen molar-refractivity contribution in [2.45, 2.75) is 32.2 Å². The van der Waals surface area contributed by atoms with Crippen molar-refractivity contribution in [1.29, 1.82) is 0 Å². The van der Waals surface area contributed by atoms with E-state index < -0.39 is 12.0 Å². The number of aliphatic carboxylic acids is 1. The molecule has 0 bridgehead atoms. The summed E-state index contributed by atoms with van der Waals surface area (Å²) in [5, 5.41) is 11.6. The van der Waals surface area contributed by atoms with Crippen LogP contribution in [0.2, 0.25) is 0 Å². The molecule has 0 aliphatic carbocycles. The lowest BCUT2D eigenvalue weighted by Crippen LogP contribution is -2.40. The van der Waals surface area contributed by atoms with Gasteiger partial charge in [-0.1, -0.05) is 35.7 Å². The Morgan fingerprint density at radius 1 is 1.33 bits per heavy atom. The van der Waals surface area contributed by atoms with Gasteiger partial charge in [0, 0.05) is 10.0 Å².